The molecule has 0 aliphatic carbocycles. The summed E-state index contributed by atoms with van der Waals surface area (Å²) >= 11 is 6.81. The minimum Gasteiger partial charge on any atom is -0.293 e. The topological polar surface area (TPSA) is 17.1 Å². The third-order valence-corrected chi connectivity index (χ3v) is 2.66. The van der Waals surface area contributed by atoms with E-state index in [9.17, 15) is 13.6 Å². The highest BCUT2D eigenvalue weighted by atomic mass is 35.5. The van der Waals surface area contributed by atoms with E-state index in [1.165, 1.54) is 11.3 Å². The van der Waals surface area contributed by atoms with Crippen LogP contribution in [0.15, 0.2) is 11.4 Å². The Morgan fingerprint density at radius 3 is 2.75 bits per heavy atom. The van der Waals surface area contributed by atoms with Crippen LogP contribution in [0.25, 0.3) is 0 Å². The Labute approximate surface area is 77.0 Å². The number of halogens is 3. The van der Waals surface area contributed by atoms with Gasteiger partial charge < -0.3 is 0 Å². The van der Waals surface area contributed by atoms with Crippen LogP contribution in [0.2, 0.25) is 5.02 Å². The summed E-state index contributed by atoms with van der Waals surface area (Å²) in [6.45, 7) is 0. The molecular formula is C7H5ClF2OS. The van der Waals surface area contributed by atoms with Gasteiger partial charge in [0, 0.05) is 11.3 Å². The quantitative estimate of drug-likeness (QED) is 0.750. The van der Waals surface area contributed by atoms with Crippen LogP contribution in [-0.2, 0) is 11.2 Å². The lowest BCUT2D eigenvalue weighted by molar-refractivity contribution is -0.128. The summed E-state index contributed by atoms with van der Waals surface area (Å²) in [5.41, 5.74) is 0. The summed E-state index contributed by atoms with van der Waals surface area (Å²) in [6, 6.07) is 1.58. The first kappa shape index (κ1) is 9.61. The van der Waals surface area contributed by atoms with E-state index in [1.807, 2.05) is 0 Å². The Morgan fingerprint density at radius 2 is 2.33 bits per heavy atom. The molecule has 5 heteroatoms. The van der Waals surface area contributed by atoms with E-state index in [-0.39, 0.29) is 6.42 Å². The standard InChI is InChI=1S/C7H5ClF2OS/c8-4-1-2-12-6(4)3-5(11)7(9)10/h1-2,7H,3H2. The van der Waals surface area contributed by atoms with Crippen molar-refractivity contribution in [3.63, 3.8) is 0 Å². The Kier molecular flexibility index (Phi) is 3.17. The first-order valence-electron chi connectivity index (χ1n) is 3.14. The molecule has 1 heterocycles. The van der Waals surface area contributed by atoms with E-state index in [0.717, 1.165) is 0 Å². The van der Waals surface area contributed by atoms with Gasteiger partial charge in [-0.3, -0.25) is 4.79 Å². The molecule has 66 valence electrons. The third kappa shape index (κ3) is 2.25. The van der Waals surface area contributed by atoms with Gasteiger partial charge in [0.1, 0.15) is 0 Å². The van der Waals surface area contributed by atoms with Gasteiger partial charge in [0.2, 0.25) is 5.78 Å². The van der Waals surface area contributed by atoms with Crippen molar-refractivity contribution in [2.24, 2.45) is 0 Å². The molecule has 0 N–H and O–H groups in total. The smallest absolute Gasteiger partial charge is 0.293 e. The van der Waals surface area contributed by atoms with E-state index in [1.54, 1.807) is 11.4 Å². The van der Waals surface area contributed by atoms with E-state index >= 15 is 0 Å². The lowest BCUT2D eigenvalue weighted by Crippen LogP contribution is -2.12. The average molecular weight is 211 g/mol. The zero-order valence-electron chi connectivity index (χ0n) is 5.89. The number of hydrogen-bond acceptors (Lipinski definition) is 2. The van der Waals surface area contributed by atoms with Gasteiger partial charge >= 0.3 is 0 Å². The van der Waals surface area contributed by atoms with Crippen molar-refractivity contribution in [2.75, 3.05) is 0 Å². The summed E-state index contributed by atoms with van der Waals surface area (Å²) in [5, 5.41) is 2.05. The van der Waals surface area contributed by atoms with Gasteiger partial charge in [0.25, 0.3) is 6.43 Å². The van der Waals surface area contributed by atoms with Gasteiger partial charge in [-0.05, 0) is 11.4 Å². The number of ketones is 1. The zero-order chi connectivity index (χ0) is 9.14. The minimum atomic E-state index is -2.90. The van der Waals surface area contributed by atoms with Gasteiger partial charge in [-0.15, -0.1) is 11.3 Å². The number of Topliss-reactive ketones (excluding diaryl/α,β-unsaturated/α-hetero) is 1. The third-order valence-electron chi connectivity index (χ3n) is 1.27. The Morgan fingerprint density at radius 1 is 1.67 bits per heavy atom. The maximum absolute atomic E-state index is 11.8. The molecule has 0 spiro atoms. The SMILES string of the molecule is O=C(Cc1sccc1Cl)C(F)F. The van der Waals surface area contributed by atoms with Crippen molar-refractivity contribution < 1.29 is 13.6 Å². The molecule has 0 saturated carbocycles. The van der Waals surface area contributed by atoms with Crippen LogP contribution < -0.4 is 0 Å². The predicted octanol–water partition coefficient (Wildman–Crippen LogP) is 2.78. The van der Waals surface area contributed by atoms with E-state index in [2.05, 4.69) is 0 Å². The van der Waals surface area contributed by atoms with E-state index in [4.69, 9.17) is 11.6 Å². The molecule has 12 heavy (non-hydrogen) atoms. The molecular weight excluding hydrogens is 206 g/mol. The van der Waals surface area contributed by atoms with Crippen molar-refractivity contribution in [3.05, 3.63) is 21.3 Å². The molecule has 0 aliphatic heterocycles. The lowest BCUT2D eigenvalue weighted by atomic mass is 10.2. The molecule has 0 fully saturated rings. The monoisotopic (exact) mass is 210 g/mol. The van der Waals surface area contributed by atoms with Crippen LogP contribution in [0.1, 0.15) is 4.88 Å². The lowest BCUT2D eigenvalue weighted by Gasteiger charge is -1.96. The van der Waals surface area contributed by atoms with Crippen LogP contribution in [0.4, 0.5) is 8.78 Å². The van der Waals surface area contributed by atoms with Crippen molar-refractivity contribution >= 4 is 28.7 Å². The zero-order valence-corrected chi connectivity index (χ0v) is 7.46. The van der Waals surface area contributed by atoms with Crippen molar-refractivity contribution in [1.82, 2.24) is 0 Å². The second-order valence-corrected chi connectivity index (χ2v) is 3.54. The molecule has 1 rings (SSSR count). The number of carbonyl (C=O) groups excluding carboxylic acids is 1. The van der Waals surface area contributed by atoms with Gasteiger partial charge in [-0.1, -0.05) is 11.6 Å². The van der Waals surface area contributed by atoms with Crippen LogP contribution in [0.3, 0.4) is 0 Å². The van der Waals surface area contributed by atoms with Crippen molar-refractivity contribution in [3.8, 4) is 0 Å². The second kappa shape index (κ2) is 3.96. The van der Waals surface area contributed by atoms with Crippen LogP contribution in [0, 0.1) is 0 Å². The molecule has 1 aromatic rings. The molecule has 0 atom stereocenters. The Hall–Kier alpha value is -0.480. The molecule has 1 aromatic heterocycles. The molecule has 1 nitrogen and oxygen atoms in total. The predicted molar refractivity (Wildman–Crippen MR) is 44.0 cm³/mol. The first-order chi connectivity index (χ1) is 5.61. The minimum absolute atomic E-state index is 0.270. The summed E-state index contributed by atoms with van der Waals surface area (Å²) in [5.74, 6) is -1.08. The number of hydrogen-bond donors (Lipinski definition) is 0. The Bertz CT molecular complexity index is 285. The highest BCUT2D eigenvalue weighted by Gasteiger charge is 2.17. The summed E-state index contributed by atoms with van der Waals surface area (Å²) in [7, 11) is 0. The average Bonchev–Trinajstić information content (AvgIpc) is 2.36. The van der Waals surface area contributed by atoms with Crippen LogP contribution >= 0.6 is 22.9 Å². The number of carbonyl (C=O) groups is 1. The summed E-state index contributed by atoms with van der Waals surface area (Å²) in [4.78, 5) is 11.1. The maximum atomic E-state index is 11.8. The number of rotatable bonds is 3. The molecule has 0 saturated heterocycles. The fourth-order valence-corrected chi connectivity index (χ4v) is 1.80. The van der Waals surface area contributed by atoms with Gasteiger partial charge in [0.05, 0.1) is 5.02 Å². The fourth-order valence-electron chi connectivity index (χ4n) is 0.687. The Balaban J connectivity index is 2.64. The highest BCUT2D eigenvalue weighted by Crippen LogP contribution is 2.23. The maximum Gasteiger partial charge on any atom is 0.296 e. The number of thiophene rings is 1. The van der Waals surface area contributed by atoms with Gasteiger partial charge in [-0.25, -0.2) is 8.78 Å². The first-order valence-corrected chi connectivity index (χ1v) is 4.39. The van der Waals surface area contributed by atoms with Crippen molar-refractivity contribution in [1.29, 1.82) is 0 Å². The molecule has 0 aromatic carbocycles. The normalized spacial score (nSPS) is 10.7. The molecule has 0 aliphatic rings. The largest absolute Gasteiger partial charge is 0.296 e. The molecule has 0 unspecified atom stereocenters. The van der Waals surface area contributed by atoms with Crippen LogP contribution in [0.5, 0.6) is 0 Å². The molecule has 0 radical (unpaired) electrons. The van der Waals surface area contributed by atoms with Crippen LogP contribution in [-0.4, -0.2) is 12.2 Å². The number of alkyl halides is 2. The summed E-state index contributed by atoms with van der Waals surface area (Å²) < 4.78 is 23.5. The second-order valence-electron chi connectivity index (χ2n) is 2.14. The fraction of sp³-hybridized carbons (Fsp3) is 0.286. The highest BCUT2D eigenvalue weighted by molar-refractivity contribution is 7.10. The van der Waals surface area contributed by atoms with Crippen molar-refractivity contribution in [2.45, 2.75) is 12.8 Å². The van der Waals surface area contributed by atoms with E-state index < -0.39 is 12.2 Å². The molecule has 0 amide bonds. The molecule has 0 bridgehead atoms. The van der Waals surface area contributed by atoms with E-state index in [0.29, 0.717) is 9.90 Å². The summed E-state index contributed by atoms with van der Waals surface area (Å²) in [6.07, 6.45) is -3.17. The van der Waals surface area contributed by atoms with Gasteiger partial charge in [0.15, 0.2) is 0 Å². The van der Waals surface area contributed by atoms with Gasteiger partial charge in [-0.2, -0.15) is 0 Å².